The summed E-state index contributed by atoms with van der Waals surface area (Å²) in [7, 11) is 0. The molecular formula is C28H23ClFN3O. The molecule has 1 amide bonds. The van der Waals surface area contributed by atoms with E-state index in [1.165, 1.54) is 11.6 Å². The molecule has 4 aromatic rings. The molecule has 0 saturated carbocycles. The molecule has 5 rings (SSSR count). The van der Waals surface area contributed by atoms with Gasteiger partial charge in [0.25, 0.3) is 5.91 Å². The fourth-order valence-corrected chi connectivity index (χ4v) is 5.06. The number of likely N-dealkylation sites (tertiary alicyclic amines) is 1. The summed E-state index contributed by atoms with van der Waals surface area (Å²) in [5.74, 6) is -0.777. The second kappa shape index (κ2) is 8.96. The molecule has 1 saturated heterocycles. The summed E-state index contributed by atoms with van der Waals surface area (Å²) in [5, 5.41) is 10.4. The largest absolute Gasteiger partial charge is 0.343 e. The fourth-order valence-electron chi connectivity index (χ4n) is 4.82. The predicted molar refractivity (Wildman–Crippen MR) is 132 cm³/mol. The van der Waals surface area contributed by atoms with Gasteiger partial charge < -0.3 is 9.47 Å². The van der Waals surface area contributed by atoms with Gasteiger partial charge >= 0.3 is 0 Å². The maximum Gasteiger partial charge on any atom is 0.258 e. The van der Waals surface area contributed by atoms with Gasteiger partial charge in [-0.3, -0.25) is 4.79 Å². The van der Waals surface area contributed by atoms with Crippen molar-refractivity contribution < 1.29 is 9.18 Å². The summed E-state index contributed by atoms with van der Waals surface area (Å²) >= 11 is 6.29. The minimum atomic E-state index is -0.580. The maximum atomic E-state index is 14.5. The van der Waals surface area contributed by atoms with Gasteiger partial charge in [-0.05, 0) is 54.3 Å². The van der Waals surface area contributed by atoms with E-state index in [2.05, 4.69) is 29.0 Å². The Hall–Kier alpha value is -3.62. The predicted octanol–water partition coefficient (Wildman–Crippen LogP) is 6.29. The number of halogens is 2. The molecule has 34 heavy (non-hydrogen) atoms. The van der Waals surface area contributed by atoms with Crippen molar-refractivity contribution in [1.29, 1.82) is 5.26 Å². The lowest BCUT2D eigenvalue weighted by atomic mass is 9.98. The van der Waals surface area contributed by atoms with Crippen molar-refractivity contribution in [2.45, 2.75) is 25.8 Å². The quantitative estimate of drug-likeness (QED) is 0.351. The molecule has 1 aromatic heterocycles. The zero-order valence-corrected chi connectivity index (χ0v) is 19.5. The first-order valence-electron chi connectivity index (χ1n) is 11.3. The van der Waals surface area contributed by atoms with Crippen LogP contribution in [0.5, 0.6) is 0 Å². The number of nitriles is 1. The lowest BCUT2D eigenvalue weighted by Gasteiger charge is -2.18. The number of hydrogen-bond donors (Lipinski definition) is 0. The summed E-state index contributed by atoms with van der Waals surface area (Å²) in [6, 6.07) is 20.9. The fraction of sp³-hybridized carbons (Fsp3) is 0.214. The van der Waals surface area contributed by atoms with Crippen LogP contribution in [0.25, 0.3) is 10.9 Å². The Kier molecular flexibility index (Phi) is 5.85. The number of rotatable bonds is 4. The first kappa shape index (κ1) is 22.2. The van der Waals surface area contributed by atoms with E-state index in [-0.39, 0.29) is 22.4 Å². The van der Waals surface area contributed by atoms with E-state index in [0.717, 1.165) is 22.9 Å². The number of aromatic nitrogens is 1. The van der Waals surface area contributed by atoms with E-state index in [0.29, 0.717) is 30.8 Å². The molecule has 1 aliphatic rings. The minimum Gasteiger partial charge on any atom is -0.343 e. The molecular weight excluding hydrogens is 449 g/mol. The summed E-state index contributed by atoms with van der Waals surface area (Å²) in [4.78, 5) is 14.9. The van der Waals surface area contributed by atoms with E-state index in [1.807, 2.05) is 36.4 Å². The summed E-state index contributed by atoms with van der Waals surface area (Å²) < 4.78 is 16.7. The van der Waals surface area contributed by atoms with Crippen LogP contribution in [0.3, 0.4) is 0 Å². The molecule has 0 N–H and O–H groups in total. The smallest absolute Gasteiger partial charge is 0.258 e. The Morgan fingerprint density at radius 1 is 1.15 bits per heavy atom. The molecule has 0 aliphatic carbocycles. The van der Waals surface area contributed by atoms with Crippen molar-refractivity contribution in [3.8, 4) is 6.07 Å². The molecule has 3 aromatic carbocycles. The van der Waals surface area contributed by atoms with Crippen LogP contribution < -0.4 is 0 Å². The normalized spacial score (nSPS) is 15.6. The van der Waals surface area contributed by atoms with Gasteiger partial charge in [0.15, 0.2) is 0 Å². The standard InChI is InChI=1S/C28H23ClFN3O/c1-18-6-11-24(30)26(27(18)29)28(34)32-13-12-21(16-32)23-17-33(25-5-3-2-4-22(23)25)15-20-9-7-19(14-31)8-10-20/h2-11,17,21H,12-13,15-16H2,1H3. The highest BCUT2D eigenvalue weighted by molar-refractivity contribution is 6.34. The van der Waals surface area contributed by atoms with Gasteiger partial charge in [0, 0.05) is 42.7 Å². The van der Waals surface area contributed by atoms with Crippen LogP contribution in [-0.4, -0.2) is 28.5 Å². The highest BCUT2D eigenvalue weighted by atomic mass is 35.5. The Morgan fingerprint density at radius 3 is 2.68 bits per heavy atom. The van der Waals surface area contributed by atoms with Crippen molar-refractivity contribution in [3.63, 3.8) is 0 Å². The molecule has 0 radical (unpaired) electrons. The average molecular weight is 472 g/mol. The molecule has 1 atom stereocenters. The molecule has 1 unspecified atom stereocenters. The van der Waals surface area contributed by atoms with E-state index < -0.39 is 5.82 Å². The van der Waals surface area contributed by atoms with Crippen molar-refractivity contribution >= 4 is 28.4 Å². The van der Waals surface area contributed by atoms with Gasteiger partial charge in [-0.25, -0.2) is 4.39 Å². The van der Waals surface area contributed by atoms with Gasteiger partial charge in [-0.2, -0.15) is 5.26 Å². The molecule has 1 fully saturated rings. The maximum absolute atomic E-state index is 14.5. The second-order valence-electron chi connectivity index (χ2n) is 8.83. The second-order valence-corrected chi connectivity index (χ2v) is 9.21. The Bertz CT molecular complexity index is 1430. The Balaban J connectivity index is 1.43. The number of hydrogen-bond acceptors (Lipinski definition) is 2. The van der Waals surface area contributed by atoms with Crippen LogP contribution in [0.2, 0.25) is 5.02 Å². The highest BCUT2D eigenvalue weighted by Crippen LogP contribution is 2.35. The third kappa shape index (κ3) is 3.95. The topological polar surface area (TPSA) is 49.0 Å². The molecule has 0 spiro atoms. The molecule has 170 valence electrons. The first-order valence-corrected chi connectivity index (χ1v) is 11.6. The Labute approximate surface area is 202 Å². The number of fused-ring (bicyclic) bond motifs is 1. The van der Waals surface area contributed by atoms with Crippen LogP contribution in [0.1, 0.15) is 45.0 Å². The van der Waals surface area contributed by atoms with Crippen molar-refractivity contribution in [2.75, 3.05) is 13.1 Å². The lowest BCUT2D eigenvalue weighted by molar-refractivity contribution is 0.0786. The van der Waals surface area contributed by atoms with Crippen molar-refractivity contribution in [3.05, 3.63) is 106 Å². The van der Waals surface area contributed by atoms with Crippen molar-refractivity contribution in [2.24, 2.45) is 0 Å². The molecule has 1 aliphatic heterocycles. The Morgan fingerprint density at radius 2 is 1.91 bits per heavy atom. The lowest BCUT2D eigenvalue weighted by Crippen LogP contribution is -2.29. The number of nitrogens with zero attached hydrogens (tertiary/aromatic N) is 3. The minimum absolute atomic E-state index is 0.0365. The van der Waals surface area contributed by atoms with E-state index in [1.54, 1.807) is 17.9 Å². The number of amides is 1. The summed E-state index contributed by atoms with van der Waals surface area (Å²) in [5.41, 5.74) is 4.72. The number of carbonyl (C=O) groups is 1. The van der Waals surface area contributed by atoms with Gasteiger partial charge in [0.2, 0.25) is 0 Å². The highest BCUT2D eigenvalue weighted by Gasteiger charge is 2.32. The van der Waals surface area contributed by atoms with Crippen LogP contribution in [0.4, 0.5) is 4.39 Å². The number of para-hydroxylation sites is 1. The summed E-state index contributed by atoms with van der Waals surface area (Å²) in [6.45, 7) is 3.54. The molecule has 6 heteroatoms. The molecule has 4 nitrogen and oxygen atoms in total. The van der Waals surface area contributed by atoms with Gasteiger partial charge in [-0.15, -0.1) is 0 Å². The zero-order chi connectivity index (χ0) is 23.8. The van der Waals surface area contributed by atoms with E-state index >= 15 is 0 Å². The monoisotopic (exact) mass is 471 g/mol. The number of benzene rings is 3. The third-order valence-electron chi connectivity index (χ3n) is 6.67. The van der Waals surface area contributed by atoms with Crippen LogP contribution in [0, 0.1) is 24.1 Å². The van der Waals surface area contributed by atoms with Gasteiger partial charge in [0.1, 0.15) is 5.82 Å². The first-order chi connectivity index (χ1) is 16.5. The van der Waals surface area contributed by atoms with Crippen LogP contribution in [-0.2, 0) is 6.54 Å². The molecule has 2 heterocycles. The van der Waals surface area contributed by atoms with E-state index in [4.69, 9.17) is 16.9 Å². The SMILES string of the molecule is Cc1ccc(F)c(C(=O)N2CCC(c3cn(Cc4ccc(C#N)cc4)c4ccccc34)C2)c1Cl. The van der Waals surface area contributed by atoms with E-state index in [9.17, 15) is 9.18 Å². The average Bonchev–Trinajstić information content (AvgIpc) is 3.48. The van der Waals surface area contributed by atoms with Gasteiger partial charge in [-0.1, -0.05) is 48.0 Å². The van der Waals surface area contributed by atoms with Gasteiger partial charge in [0.05, 0.1) is 22.2 Å². The number of carbonyl (C=O) groups excluding carboxylic acids is 1. The summed E-state index contributed by atoms with van der Waals surface area (Å²) in [6.07, 6.45) is 2.98. The number of aryl methyl sites for hydroxylation is 1. The zero-order valence-electron chi connectivity index (χ0n) is 18.8. The third-order valence-corrected chi connectivity index (χ3v) is 7.16. The van der Waals surface area contributed by atoms with Crippen LogP contribution >= 0.6 is 11.6 Å². The molecule has 0 bridgehead atoms. The van der Waals surface area contributed by atoms with Crippen molar-refractivity contribution in [1.82, 2.24) is 9.47 Å². The van der Waals surface area contributed by atoms with Crippen LogP contribution in [0.15, 0.2) is 66.9 Å².